The molecule has 0 aliphatic carbocycles. The molecule has 0 atom stereocenters. The highest BCUT2D eigenvalue weighted by Crippen LogP contribution is 2.27. The van der Waals surface area contributed by atoms with Crippen LogP contribution >= 0.6 is 0 Å². The van der Waals surface area contributed by atoms with Crippen molar-refractivity contribution in [3.63, 3.8) is 0 Å². The summed E-state index contributed by atoms with van der Waals surface area (Å²) in [6, 6.07) is 3.92. The van der Waals surface area contributed by atoms with E-state index >= 15 is 0 Å². The lowest BCUT2D eigenvalue weighted by atomic mass is 10.0. The van der Waals surface area contributed by atoms with E-state index in [-0.39, 0.29) is 12.7 Å². The summed E-state index contributed by atoms with van der Waals surface area (Å²) in [5.41, 5.74) is 3.17. The highest BCUT2D eigenvalue weighted by atomic mass is 16.5. The van der Waals surface area contributed by atoms with Crippen molar-refractivity contribution in [1.82, 2.24) is 0 Å². The first-order valence-electron chi connectivity index (χ1n) is 4.92. The van der Waals surface area contributed by atoms with Crippen molar-refractivity contribution in [1.29, 1.82) is 0 Å². The standard InChI is InChI=1S/C12H18O2/c1-8(2)14-12-10(4)9(3)5-6-11(12)7-13/h5-6,8,13H,7H2,1-4H3. The second-order valence-corrected chi connectivity index (χ2v) is 3.82. The molecule has 78 valence electrons. The van der Waals surface area contributed by atoms with Crippen LogP contribution in [0.3, 0.4) is 0 Å². The fourth-order valence-corrected chi connectivity index (χ4v) is 1.37. The van der Waals surface area contributed by atoms with Crippen molar-refractivity contribution in [3.05, 3.63) is 28.8 Å². The largest absolute Gasteiger partial charge is 0.490 e. The van der Waals surface area contributed by atoms with Crippen molar-refractivity contribution >= 4 is 0 Å². The summed E-state index contributed by atoms with van der Waals surface area (Å²) in [6.45, 7) is 8.07. The van der Waals surface area contributed by atoms with Gasteiger partial charge in [-0.05, 0) is 38.8 Å². The SMILES string of the molecule is Cc1ccc(CO)c(OC(C)C)c1C. The molecule has 0 bridgehead atoms. The zero-order valence-corrected chi connectivity index (χ0v) is 9.29. The van der Waals surface area contributed by atoms with Gasteiger partial charge in [0.25, 0.3) is 0 Å². The molecule has 2 nitrogen and oxygen atoms in total. The summed E-state index contributed by atoms with van der Waals surface area (Å²) in [4.78, 5) is 0. The van der Waals surface area contributed by atoms with Gasteiger partial charge in [-0.25, -0.2) is 0 Å². The van der Waals surface area contributed by atoms with Crippen LogP contribution in [0.1, 0.15) is 30.5 Å². The maximum absolute atomic E-state index is 9.17. The molecule has 0 aromatic heterocycles. The third kappa shape index (κ3) is 2.26. The number of hydrogen-bond acceptors (Lipinski definition) is 2. The van der Waals surface area contributed by atoms with Crippen molar-refractivity contribution in [3.8, 4) is 5.75 Å². The van der Waals surface area contributed by atoms with Gasteiger partial charge >= 0.3 is 0 Å². The second kappa shape index (κ2) is 4.47. The van der Waals surface area contributed by atoms with Crippen LogP contribution in [0.2, 0.25) is 0 Å². The van der Waals surface area contributed by atoms with Gasteiger partial charge in [-0.2, -0.15) is 0 Å². The minimum absolute atomic E-state index is 0.0309. The summed E-state index contributed by atoms with van der Waals surface area (Å²) < 4.78 is 5.69. The quantitative estimate of drug-likeness (QED) is 0.801. The molecule has 14 heavy (non-hydrogen) atoms. The zero-order chi connectivity index (χ0) is 10.7. The Morgan fingerprint density at radius 2 is 1.93 bits per heavy atom. The lowest BCUT2D eigenvalue weighted by Crippen LogP contribution is -2.09. The summed E-state index contributed by atoms with van der Waals surface area (Å²) >= 11 is 0. The molecule has 1 N–H and O–H groups in total. The fraction of sp³-hybridized carbons (Fsp3) is 0.500. The number of rotatable bonds is 3. The molecule has 0 heterocycles. The van der Waals surface area contributed by atoms with Gasteiger partial charge in [0.05, 0.1) is 12.7 Å². The molecule has 2 heteroatoms. The zero-order valence-electron chi connectivity index (χ0n) is 9.29. The van der Waals surface area contributed by atoms with Crippen LogP contribution in [-0.2, 0) is 6.61 Å². The van der Waals surface area contributed by atoms with E-state index in [0.29, 0.717) is 0 Å². The summed E-state index contributed by atoms with van der Waals surface area (Å²) in [5.74, 6) is 0.836. The number of aliphatic hydroxyl groups is 1. The van der Waals surface area contributed by atoms with Crippen LogP contribution in [0.25, 0.3) is 0 Å². The molecular weight excluding hydrogens is 176 g/mol. The van der Waals surface area contributed by atoms with Crippen LogP contribution in [0.5, 0.6) is 5.75 Å². The Morgan fingerprint density at radius 1 is 1.29 bits per heavy atom. The minimum Gasteiger partial charge on any atom is -0.490 e. The van der Waals surface area contributed by atoms with Gasteiger partial charge in [0.2, 0.25) is 0 Å². The van der Waals surface area contributed by atoms with E-state index < -0.39 is 0 Å². The average molecular weight is 194 g/mol. The molecule has 0 unspecified atom stereocenters. The lowest BCUT2D eigenvalue weighted by molar-refractivity contribution is 0.224. The van der Waals surface area contributed by atoms with Crippen LogP contribution in [0.15, 0.2) is 12.1 Å². The Morgan fingerprint density at radius 3 is 2.43 bits per heavy atom. The van der Waals surface area contributed by atoms with Gasteiger partial charge < -0.3 is 9.84 Å². The number of benzene rings is 1. The third-order valence-electron chi connectivity index (χ3n) is 2.28. The topological polar surface area (TPSA) is 29.5 Å². The van der Waals surface area contributed by atoms with E-state index in [1.54, 1.807) is 0 Å². The van der Waals surface area contributed by atoms with E-state index in [1.807, 2.05) is 39.8 Å². The molecule has 1 aromatic carbocycles. The van der Waals surface area contributed by atoms with E-state index in [4.69, 9.17) is 9.84 Å². The lowest BCUT2D eigenvalue weighted by Gasteiger charge is -2.17. The molecule has 0 amide bonds. The van der Waals surface area contributed by atoms with Crippen molar-refractivity contribution in [2.45, 2.75) is 40.4 Å². The van der Waals surface area contributed by atoms with Gasteiger partial charge in [0, 0.05) is 5.56 Å². The van der Waals surface area contributed by atoms with E-state index in [2.05, 4.69) is 0 Å². The highest BCUT2D eigenvalue weighted by molar-refractivity contribution is 5.45. The van der Waals surface area contributed by atoms with Crippen LogP contribution in [-0.4, -0.2) is 11.2 Å². The first-order chi connectivity index (χ1) is 6.56. The van der Waals surface area contributed by atoms with E-state index in [9.17, 15) is 0 Å². The highest BCUT2D eigenvalue weighted by Gasteiger charge is 2.09. The Bertz CT molecular complexity index is 316. The van der Waals surface area contributed by atoms with Crippen molar-refractivity contribution in [2.24, 2.45) is 0 Å². The Labute approximate surface area is 85.5 Å². The predicted molar refractivity (Wildman–Crippen MR) is 57.6 cm³/mol. The van der Waals surface area contributed by atoms with Crippen LogP contribution in [0, 0.1) is 13.8 Å². The minimum atomic E-state index is 0.0309. The van der Waals surface area contributed by atoms with Gasteiger partial charge in [-0.1, -0.05) is 12.1 Å². The normalized spacial score (nSPS) is 10.7. The molecule has 0 aliphatic rings. The smallest absolute Gasteiger partial charge is 0.128 e. The molecular formula is C12H18O2. The second-order valence-electron chi connectivity index (χ2n) is 3.82. The van der Waals surface area contributed by atoms with Crippen LogP contribution < -0.4 is 4.74 Å². The molecule has 1 aromatic rings. The summed E-state index contributed by atoms with van der Waals surface area (Å²) in [7, 11) is 0. The monoisotopic (exact) mass is 194 g/mol. The average Bonchev–Trinajstić information content (AvgIpc) is 2.13. The molecule has 1 rings (SSSR count). The molecule has 0 aliphatic heterocycles. The van der Waals surface area contributed by atoms with Crippen molar-refractivity contribution in [2.75, 3.05) is 0 Å². The van der Waals surface area contributed by atoms with E-state index in [1.165, 1.54) is 5.56 Å². The Balaban J connectivity index is 3.14. The Hall–Kier alpha value is -1.02. The first-order valence-corrected chi connectivity index (χ1v) is 4.92. The summed E-state index contributed by atoms with van der Waals surface area (Å²) in [6.07, 6.45) is 0.140. The molecule has 0 saturated heterocycles. The van der Waals surface area contributed by atoms with Crippen LogP contribution in [0.4, 0.5) is 0 Å². The van der Waals surface area contributed by atoms with Gasteiger partial charge in [-0.15, -0.1) is 0 Å². The molecule has 0 spiro atoms. The Kier molecular flexibility index (Phi) is 3.53. The number of ether oxygens (including phenoxy) is 1. The summed E-state index contributed by atoms with van der Waals surface area (Å²) in [5, 5.41) is 9.17. The molecule has 0 radical (unpaired) electrons. The fourth-order valence-electron chi connectivity index (χ4n) is 1.37. The van der Waals surface area contributed by atoms with Gasteiger partial charge in [-0.3, -0.25) is 0 Å². The number of hydrogen-bond donors (Lipinski definition) is 1. The molecule has 0 saturated carbocycles. The third-order valence-corrected chi connectivity index (χ3v) is 2.28. The maximum Gasteiger partial charge on any atom is 0.128 e. The predicted octanol–water partition coefficient (Wildman–Crippen LogP) is 2.58. The maximum atomic E-state index is 9.17. The van der Waals surface area contributed by atoms with Gasteiger partial charge in [0.15, 0.2) is 0 Å². The van der Waals surface area contributed by atoms with Crippen molar-refractivity contribution < 1.29 is 9.84 Å². The molecule has 0 fully saturated rings. The van der Waals surface area contributed by atoms with E-state index in [0.717, 1.165) is 16.9 Å². The number of aliphatic hydroxyl groups excluding tert-OH is 1. The van der Waals surface area contributed by atoms with Gasteiger partial charge in [0.1, 0.15) is 5.75 Å². The number of aryl methyl sites for hydroxylation is 1. The first kappa shape index (κ1) is 11.1.